The number of aromatic nitrogens is 4. The third kappa shape index (κ3) is 4.12. The smallest absolute Gasteiger partial charge is 0.257 e. The van der Waals surface area contributed by atoms with Crippen molar-refractivity contribution >= 4 is 11.7 Å². The maximum absolute atomic E-state index is 13.2. The highest BCUT2D eigenvalue weighted by atomic mass is 16.2. The van der Waals surface area contributed by atoms with Crippen molar-refractivity contribution in [1.82, 2.24) is 29.5 Å². The molecule has 1 aliphatic heterocycles. The molecule has 1 aromatic carbocycles. The second-order valence-corrected chi connectivity index (χ2v) is 7.44. The van der Waals surface area contributed by atoms with E-state index in [2.05, 4.69) is 20.0 Å². The summed E-state index contributed by atoms with van der Waals surface area (Å²) >= 11 is 0. The molecular weight excluding hydrogens is 366 g/mol. The third-order valence-electron chi connectivity index (χ3n) is 5.30. The Hall–Kier alpha value is -3.26. The van der Waals surface area contributed by atoms with E-state index in [1.165, 1.54) is 0 Å². The predicted octanol–water partition coefficient (Wildman–Crippen LogP) is 1.81. The molecule has 0 spiro atoms. The standard InChI is InChI=1S/C21H25N7O/c1-26(14-19-23-10-8-18(22)24-19)16-9-11-28(12-16)21(29)17-13-27(2)25-20(17)15-6-4-3-5-7-15/h3-8,10,13,16H,9,11-12,14H2,1-2H3,(H2,22,23,24). The van der Waals surface area contributed by atoms with Crippen LogP contribution in [0.15, 0.2) is 48.8 Å². The number of likely N-dealkylation sites (N-methyl/N-ethyl adjacent to an activating group) is 1. The molecule has 0 saturated carbocycles. The van der Waals surface area contributed by atoms with Crippen molar-refractivity contribution in [3.8, 4) is 11.3 Å². The first-order valence-corrected chi connectivity index (χ1v) is 9.67. The number of hydrogen-bond acceptors (Lipinski definition) is 6. The van der Waals surface area contributed by atoms with Crippen LogP contribution in [-0.2, 0) is 13.6 Å². The van der Waals surface area contributed by atoms with E-state index in [-0.39, 0.29) is 11.9 Å². The van der Waals surface area contributed by atoms with Gasteiger partial charge in [0.05, 0.1) is 12.1 Å². The fraction of sp³-hybridized carbons (Fsp3) is 0.333. The van der Waals surface area contributed by atoms with Gasteiger partial charge in [0.25, 0.3) is 5.91 Å². The van der Waals surface area contributed by atoms with E-state index in [4.69, 9.17) is 5.73 Å². The van der Waals surface area contributed by atoms with E-state index in [9.17, 15) is 4.79 Å². The Morgan fingerprint density at radius 1 is 1.28 bits per heavy atom. The number of carbonyl (C=O) groups excluding carboxylic acids is 1. The highest BCUT2D eigenvalue weighted by molar-refractivity contribution is 6.00. The summed E-state index contributed by atoms with van der Waals surface area (Å²) in [6, 6.07) is 11.8. The summed E-state index contributed by atoms with van der Waals surface area (Å²) in [5, 5.41) is 4.52. The number of rotatable bonds is 5. The van der Waals surface area contributed by atoms with E-state index in [1.54, 1.807) is 16.9 Å². The first-order chi connectivity index (χ1) is 14.0. The van der Waals surface area contributed by atoms with Crippen LogP contribution in [0.2, 0.25) is 0 Å². The van der Waals surface area contributed by atoms with Crippen molar-refractivity contribution in [2.24, 2.45) is 7.05 Å². The van der Waals surface area contributed by atoms with Gasteiger partial charge in [-0.3, -0.25) is 14.4 Å². The van der Waals surface area contributed by atoms with Crippen molar-refractivity contribution in [3.05, 3.63) is 60.2 Å². The number of anilines is 1. The van der Waals surface area contributed by atoms with Gasteiger partial charge >= 0.3 is 0 Å². The van der Waals surface area contributed by atoms with Crippen LogP contribution in [0, 0.1) is 0 Å². The summed E-state index contributed by atoms with van der Waals surface area (Å²) < 4.78 is 1.70. The Morgan fingerprint density at radius 3 is 2.83 bits per heavy atom. The minimum Gasteiger partial charge on any atom is -0.384 e. The van der Waals surface area contributed by atoms with Crippen LogP contribution in [0.5, 0.6) is 0 Å². The molecule has 1 aliphatic rings. The Balaban J connectivity index is 1.46. The minimum atomic E-state index is 0.0214. The van der Waals surface area contributed by atoms with Crippen molar-refractivity contribution < 1.29 is 4.79 Å². The predicted molar refractivity (Wildman–Crippen MR) is 111 cm³/mol. The summed E-state index contributed by atoms with van der Waals surface area (Å²) in [6.45, 7) is 1.98. The molecule has 2 N–H and O–H groups in total. The summed E-state index contributed by atoms with van der Waals surface area (Å²) in [7, 11) is 3.88. The van der Waals surface area contributed by atoms with E-state index in [0.29, 0.717) is 30.3 Å². The number of nitrogens with two attached hydrogens (primary N) is 1. The summed E-state index contributed by atoms with van der Waals surface area (Å²) in [5.41, 5.74) is 8.06. The lowest BCUT2D eigenvalue weighted by molar-refractivity contribution is 0.0780. The van der Waals surface area contributed by atoms with Crippen LogP contribution in [-0.4, -0.2) is 61.6 Å². The first kappa shape index (κ1) is 19.1. The van der Waals surface area contributed by atoms with Crippen LogP contribution in [0.25, 0.3) is 11.3 Å². The quantitative estimate of drug-likeness (QED) is 0.713. The lowest BCUT2D eigenvalue weighted by Crippen LogP contribution is -2.36. The molecule has 0 bridgehead atoms. The van der Waals surface area contributed by atoms with Gasteiger partial charge in [0.2, 0.25) is 0 Å². The number of likely N-dealkylation sites (tertiary alicyclic amines) is 1. The maximum Gasteiger partial charge on any atom is 0.257 e. The average Bonchev–Trinajstić information content (AvgIpc) is 3.35. The molecule has 150 valence electrons. The SMILES string of the molecule is CN(Cc1nccc(N)n1)C1CCN(C(=O)c2cn(C)nc2-c2ccccc2)C1. The van der Waals surface area contributed by atoms with E-state index in [1.807, 2.05) is 55.5 Å². The van der Waals surface area contributed by atoms with Gasteiger partial charge in [-0.2, -0.15) is 5.10 Å². The molecule has 8 heteroatoms. The van der Waals surface area contributed by atoms with Crippen molar-refractivity contribution in [3.63, 3.8) is 0 Å². The molecule has 4 rings (SSSR count). The highest BCUT2D eigenvalue weighted by Crippen LogP contribution is 2.25. The lowest BCUT2D eigenvalue weighted by atomic mass is 10.1. The molecule has 0 radical (unpaired) electrons. The molecule has 1 unspecified atom stereocenters. The number of aryl methyl sites for hydroxylation is 1. The third-order valence-corrected chi connectivity index (χ3v) is 5.30. The Kier molecular flexibility index (Phi) is 5.26. The van der Waals surface area contributed by atoms with Crippen LogP contribution in [0.4, 0.5) is 5.82 Å². The number of hydrogen-bond donors (Lipinski definition) is 1. The first-order valence-electron chi connectivity index (χ1n) is 9.67. The van der Waals surface area contributed by atoms with Crippen molar-refractivity contribution in [2.45, 2.75) is 19.0 Å². The van der Waals surface area contributed by atoms with Gasteiger partial charge in [0.15, 0.2) is 0 Å². The summed E-state index contributed by atoms with van der Waals surface area (Å²) in [4.78, 5) is 25.9. The number of nitrogen functional groups attached to an aromatic ring is 1. The molecule has 3 aromatic rings. The van der Waals surface area contributed by atoms with E-state index in [0.717, 1.165) is 24.2 Å². The van der Waals surface area contributed by atoms with E-state index >= 15 is 0 Å². The zero-order valence-corrected chi connectivity index (χ0v) is 16.7. The van der Waals surface area contributed by atoms with Crippen LogP contribution >= 0.6 is 0 Å². The molecule has 8 nitrogen and oxygen atoms in total. The molecule has 1 amide bonds. The number of nitrogens with zero attached hydrogens (tertiary/aromatic N) is 6. The summed E-state index contributed by atoms with van der Waals surface area (Å²) in [5.74, 6) is 1.18. The Morgan fingerprint density at radius 2 is 2.07 bits per heavy atom. The van der Waals surface area contributed by atoms with Gasteiger partial charge in [0.1, 0.15) is 17.3 Å². The topological polar surface area (TPSA) is 93.2 Å². The molecule has 3 heterocycles. The lowest BCUT2D eigenvalue weighted by Gasteiger charge is -2.24. The molecule has 1 atom stereocenters. The van der Waals surface area contributed by atoms with Gasteiger partial charge in [-0.25, -0.2) is 9.97 Å². The normalized spacial score (nSPS) is 16.5. The molecule has 1 fully saturated rings. The molecule has 29 heavy (non-hydrogen) atoms. The zero-order valence-electron chi connectivity index (χ0n) is 16.7. The summed E-state index contributed by atoms with van der Waals surface area (Å²) in [6.07, 6.45) is 4.39. The Bertz CT molecular complexity index is 1000. The number of carbonyl (C=O) groups is 1. The van der Waals surface area contributed by atoms with Gasteiger partial charge in [0, 0.05) is 44.1 Å². The van der Waals surface area contributed by atoms with Crippen LogP contribution < -0.4 is 5.73 Å². The zero-order chi connectivity index (χ0) is 20.4. The van der Waals surface area contributed by atoms with Gasteiger partial charge < -0.3 is 10.6 Å². The van der Waals surface area contributed by atoms with Crippen molar-refractivity contribution in [2.75, 3.05) is 25.9 Å². The molecule has 0 aliphatic carbocycles. The fourth-order valence-electron chi connectivity index (χ4n) is 3.75. The van der Waals surface area contributed by atoms with Crippen LogP contribution in [0.3, 0.4) is 0 Å². The second-order valence-electron chi connectivity index (χ2n) is 7.44. The molecular formula is C21H25N7O. The molecule has 1 saturated heterocycles. The largest absolute Gasteiger partial charge is 0.384 e. The van der Waals surface area contributed by atoms with E-state index < -0.39 is 0 Å². The average molecular weight is 391 g/mol. The van der Waals surface area contributed by atoms with Gasteiger partial charge in [-0.15, -0.1) is 0 Å². The second kappa shape index (κ2) is 8.00. The monoisotopic (exact) mass is 391 g/mol. The molecule has 2 aromatic heterocycles. The van der Waals surface area contributed by atoms with Crippen LogP contribution in [0.1, 0.15) is 22.6 Å². The van der Waals surface area contributed by atoms with Crippen molar-refractivity contribution in [1.29, 1.82) is 0 Å². The minimum absolute atomic E-state index is 0.0214. The Labute approximate surface area is 170 Å². The number of benzene rings is 1. The number of amides is 1. The fourth-order valence-corrected chi connectivity index (χ4v) is 3.75. The maximum atomic E-state index is 13.2. The van der Waals surface area contributed by atoms with Gasteiger partial charge in [-0.1, -0.05) is 30.3 Å². The highest BCUT2D eigenvalue weighted by Gasteiger charge is 2.31. The van der Waals surface area contributed by atoms with Gasteiger partial charge in [-0.05, 0) is 19.5 Å².